The maximum absolute atomic E-state index is 12.5. The maximum atomic E-state index is 12.5. The number of nitrogens with one attached hydrogen (secondary N) is 2. The van der Waals surface area contributed by atoms with Crippen molar-refractivity contribution < 1.29 is 9.21 Å². The first kappa shape index (κ1) is 15.9. The second-order valence-electron chi connectivity index (χ2n) is 6.95. The molecule has 2 atom stereocenters. The van der Waals surface area contributed by atoms with Crippen molar-refractivity contribution in [1.29, 1.82) is 0 Å². The Morgan fingerprint density at radius 1 is 1.44 bits per heavy atom. The van der Waals surface area contributed by atoms with Crippen LogP contribution < -0.4 is 11.1 Å². The molecule has 2 aliphatic rings. The van der Waals surface area contributed by atoms with Crippen molar-refractivity contribution in [3.63, 3.8) is 0 Å². The number of hydrogen-bond donors (Lipinski definition) is 2. The van der Waals surface area contributed by atoms with Crippen molar-refractivity contribution in [1.82, 2.24) is 24.9 Å². The number of H-pyrrole nitrogens is 1. The topological polar surface area (TPSA) is 109 Å². The molecule has 1 aliphatic carbocycles. The molecule has 1 aliphatic heterocycles. The first-order valence-corrected chi connectivity index (χ1v) is 8.75. The Balaban J connectivity index is 1.38. The van der Waals surface area contributed by atoms with Gasteiger partial charge in [-0.2, -0.15) is 5.10 Å². The largest absolute Gasteiger partial charge is 0.434 e. The second-order valence-corrected chi connectivity index (χ2v) is 6.95. The van der Waals surface area contributed by atoms with Crippen molar-refractivity contribution in [2.24, 2.45) is 5.92 Å². The van der Waals surface area contributed by atoms with Crippen LogP contribution in [0.3, 0.4) is 0 Å². The summed E-state index contributed by atoms with van der Waals surface area (Å²) < 4.78 is 6.95. The Morgan fingerprint density at radius 3 is 3.00 bits per heavy atom. The molecule has 0 aromatic carbocycles. The number of carbonyl (C=O) groups excluding carboxylic acids is 1. The van der Waals surface area contributed by atoms with Crippen molar-refractivity contribution in [2.45, 2.75) is 44.6 Å². The van der Waals surface area contributed by atoms with Crippen LogP contribution in [0.15, 0.2) is 21.6 Å². The molecule has 4 rings (SSSR count). The molecule has 0 radical (unpaired) electrons. The fraction of sp³-hybridized carbons (Fsp3) is 0.625. The molecule has 9 nitrogen and oxygen atoms in total. The SMILES string of the molecule is CC(C1CC1)n1cc(NC(=O)N2CCCC(c3n[nH]c(=O)o3)C2)cn1. The number of rotatable bonds is 4. The van der Waals surface area contributed by atoms with Crippen LogP contribution in [-0.2, 0) is 0 Å². The van der Waals surface area contributed by atoms with Crippen molar-refractivity contribution in [3.05, 3.63) is 28.8 Å². The van der Waals surface area contributed by atoms with Gasteiger partial charge in [-0.25, -0.2) is 14.7 Å². The first-order chi connectivity index (χ1) is 12.1. The van der Waals surface area contributed by atoms with Gasteiger partial charge < -0.3 is 14.6 Å². The average Bonchev–Trinajstić information content (AvgIpc) is 3.22. The highest BCUT2D eigenvalue weighted by atomic mass is 16.4. The molecule has 2 amide bonds. The van der Waals surface area contributed by atoms with E-state index in [0.717, 1.165) is 12.8 Å². The summed E-state index contributed by atoms with van der Waals surface area (Å²) in [4.78, 5) is 25.4. The molecule has 2 aromatic rings. The standard InChI is InChI=1S/C16H22N6O3/c1-10(11-4-5-11)22-9-13(7-17-22)18-15(23)21-6-2-3-12(8-21)14-19-20-16(24)25-14/h7,9-12H,2-6,8H2,1H3,(H,18,23)(H,20,24). The zero-order valence-electron chi connectivity index (χ0n) is 14.1. The smallest absolute Gasteiger partial charge is 0.392 e. The van der Waals surface area contributed by atoms with Gasteiger partial charge in [-0.1, -0.05) is 0 Å². The number of aromatic nitrogens is 4. The van der Waals surface area contributed by atoms with Gasteiger partial charge in [0.1, 0.15) is 0 Å². The average molecular weight is 346 g/mol. The fourth-order valence-electron chi connectivity index (χ4n) is 3.40. The summed E-state index contributed by atoms with van der Waals surface area (Å²) >= 11 is 0. The van der Waals surface area contributed by atoms with E-state index in [0.29, 0.717) is 36.6 Å². The van der Waals surface area contributed by atoms with Crippen LogP contribution in [0.25, 0.3) is 0 Å². The number of nitrogens with zero attached hydrogens (tertiary/aromatic N) is 4. The van der Waals surface area contributed by atoms with Crippen LogP contribution >= 0.6 is 0 Å². The molecule has 2 fully saturated rings. The molecule has 3 heterocycles. The fourth-order valence-corrected chi connectivity index (χ4v) is 3.40. The van der Waals surface area contributed by atoms with Crippen LogP contribution in [-0.4, -0.2) is 44.0 Å². The predicted molar refractivity (Wildman–Crippen MR) is 89.4 cm³/mol. The Bertz CT molecular complexity index is 805. The molecule has 1 saturated carbocycles. The van der Waals surface area contributed by atoms with Crippen molar-refractivity contribution in [2.75, 3.05) is 18.4 Å². The summed E-state index contributed by atoms with van der Waals surface area (Å²) in [7, 11) is 0. The number of likely N-dealkylation sites (tertiary alicyclic amines) is 1. The van der Waals surface area contributed by atoms with Gasteiger partial charge in [0.05, 0.1) is 23.8 Å². The molecular weight excluding hydrogens is 324 g/mol. The van der Waals surface area contributed by atoms with Gasteiger partial charge in [0.25, 0.3) is 0 Å². The van der Waals surface area contributed by atoms with Gasteiger partial charge in [-0.15, -0.1) is 5.10 Å². The lowest BCUT2D eigenvalue weighted by Gasteiger charge is -2.30. The lowest BCUT2D eigenvalue weighted by molar-refractivity contribution is 0.186. The van der Waals surface area contributed by atoms with Gasteiger partial charge in [0, 0.05) is 19.3 Å². The Kier molecular flexibility index (Phi) is 4.06. The Hall–Kier alpha value is -2.58. The molecule has 2 aromatic heterocycles. The van der Waals surface area contributed by atoms with Gasteiger partial charge in [-0.3, -0.25) is 4.68 Å². The molecule has 1 saturated heterocycles. The van der Waals surface area contributed by atoms with Crippen LogP contribution in [0, 0.1) is 5.92 Å². The second kappa shape index (κ2) is 6.38. The van der Waals surface area contributed by atoms with E-state index in [4.69, 9.17) is 4.42 Å². The van der Waals surface area contributed by atoms with E-state index in [1.807, 2.05) is 10.9 Å². The van der Waals surface area contributed by atoms with Crippen LogP contribution in [0.2, 0.25) is 0 Å². The van der Waals surface area contributed by atoms with Crippen LogP contribution in [0.5, 0.6) is 0 Å². The normalized spacial score (nSPS) is 22.0. The van der Waals surface area contributed by atoms with Gasteiger partial charge in [0.15, 0.2) is 0 Å². The summed E-state index contributed by atoms with van der Waals surface area (Å²) in [6.45, 7) is 3.30. The highest BCUT2D eigenvalue weighted by Crippen LogP contribution is 2.39. The molecule has 0 bridgehead atoms. The van der Waals surface area contributed by atoms with E-state index in [1.54, 1.807) is 11.1 Å². The zero-order chi connectivity index (χ0) is 17.4. The highest BCUT2D eigenvalue weighted by molar-refractivity contribution is 5.89. The van der Waals surface area contributed by atoms with E-state index in [9.17, 15) is 9.59 Å². The van der Waals surface area contributed by atoms with Gasteiger partial charge in [0.2, 0.25) is 5.89 Å². The maximum Gasteiger partial charge on any atom is 0.434 e. The molecule has 0 spiro atoms. The zero-order valence-corrected chi connectivity index (χ0v) is 14.1. The Morgan fingerprint density at radius 2 is 2.28 bits per heavy atom. The minimum Gasteiger partial charge on any atom is -0.392 e. The summed E-state index contributed by atoms with van der Waals surface area (Å²) in [6, 6.07) is 0.203. The summed E-state index contributed by atoms with van der Waals surface area (Å²) in [5.74, 6) is 0.452. The number of carbonyl (C=O) groups is 1. The Labute approximate surface area is 144 Å². The van der Waals surface area contributed by atoms with Gasteiger partial charge in [-0.05, 0) is 38.5 Å². The molecular formula is C16H22N6O3. The molecule has 25 heavy (non-hydrogen) atoms. The predicted octanol–water partition coefficient (Wildman–Crippen LogP) is 1.94. The molecule has 2 N–H and O–H groups in total. The van der Waals surface area contributed by atoms with Crippen LogP contribution in [0.1, 0.15) is 50.5 Å². The number of piperidine rings is 1. The van der Waals surface area contributed by atoms with E-state index < -0.39 is 5.76 Å². The molecule has 9 heteroatoms. The van der Waals surface area contributed by atoms with E-state index in [2.05, 4.69) is 27.5 Å². The number of urea groups is 1. The highest BCUT2D eigenvalue weighted by Gasteiger charge is 2.30. The summed E-state index contributed by atoms with van der Waals surface area (Å²) in [5, 5.41) is 13.4. The van der Waals surface area contributed by atoms with Crippen molar-refractivity contribution >= 4 is 11.7 Å². The van der Waals surface area contributed by atoms with E-state index in [1.165, 1.54) is 12.8 Å². The number of anilines is 1. The lowest BCUT2D eigenvalue weighted by atomic mass is 9.98. The third-order valence-electron chi connectivity index (χ3n) is 5.09. The van der Waals surface area contributed by atoms with Gasteiger partial charge >= 0.3 is 11.8 Å². The number of hydrogen-bond acceptors (Lipinski definition) is 5. The number of amides is 2. The molecule has 2 unspecified atom stereocenters. The minimum atomic E-state index is -0.561. The molecule has 134 valence electrons. The quantitative estimate of drug-likeness (QED) is 0.879. The first-order valence-electron chi connectivity index (χ1n) is 8.75. The van der Waals surface area contributed by atoms with Crippen LogP contribution in [0.4, 0.5) is 10.5 Å². The summed E-state index contributed by atoms with van der Waals surface area (Å²) in [5.41, 5.74) is 0.700. The minimum absolute atomic E-state index is 0.0592. The van der Waals surface area contributed by atoms with E-state index >= 15 is 0 Å². The lowest BCUT2D eigenvalue weighted by Crippen LogP contribution is -2.41. The summed E-state index contributed by atoms with van der Waals surface area (Å²) in [6.07, 6.45) is 7.75. The third kappa shape index (κ3) is 3.45. The monoisotopic (exact) mass is 346 g/mol. The van der Waals surface area contributed by atoms with Crippen molar-refractivity contribution in [3.8, 4) is 0 Å². The third-order valence-corrected chi connectivity index (χ3v) is 5.09. The van der Waals surface area contributed by atoms with E-state index in [-0.39, 0.29) is 11.9 Å². The number of aromatic amines is 1.